The van der Waals surface area contributed by atoms with Crippen LogP contribution in [-0.2, 0) is 0 Å². The molecule has 2 N–H and O–H groups in total. The van der Waals surface area contributed by atoms with Crippen LogP contribution in [0.4, 0.5) is 4.39 Å². The summed E-state index contributed by atoms with van der Waals surface area (Å²) in [6, 6.07) is 4.37. The van der Waals surface area contributed by atoms with Crippen molar-refractivity contribution in [2.75, 3.05) is 0 Å². The van der Waals surface area contributed by atoms with Gasteiger partial charge >= 0.3 is 0 Å². The molecule has 16 heavy (non-hydrogen) atoms. The monoisotopic (exact) mass is 220 g/mol. The van der Waals surface area contributed by atoms with Crippen LogP contribution in [0.25, 0.3) is 5.69 Å². The van der Waals surface area contributed by atoms with Crippen LogP contribution < -0.4 is 5.73 Å². The lowest BCUT2D eigenvalue weighted by atomic mass is 10.2. The van der Waals surface area contributed by atoms with E-state index in [4.69, 9.17) is 5.73 Å². The van der Waals surface area contributed by atoms with Crippen LogP contribution in [0.15, 0.2) is 24.4 Å². The summed E-state index contributed by atoms with van der Waals surface area (Å²) in [4.78, 5) is 0. The topological polar surface area (TPSA) is 56.7 Å². The maximum atomic E-state index is 12.9. The molecular weight excluding hydrogens is 207 g/mol. The molecule has 84 valence electrons. The smallest absolute Gasteiger partial charge is 0.123 e. The normalized spacial score (nSPS) is 12.8. The third-order valence-electron chi connectivity index (χ3n) is 2.38. The number of halogens is 1. The van der Waals surface area contributed by atoms with Gasteiger partial charge in [0.2, 0.25) is 0 Å². The summed E-state index contributed by atoms with van der Waals surface area (Å²) in [5.41, 5.74) is 8.02. The van der Waals surface area contributed by atoms with Gasteiger partial charge in [-0.2, -0.15) is 0 Å². The van der Waals surface area contributed by atoms with Crippen molar-refractivity contribution < 1.29 is 4.39 Å². The summed E-state index contributed by atoms with van der Waals surface area (Å²) in [5, 5.41) is 7.91. The molecule has 0 saturated heterocycles. The van der Waals surface area contributed by atoms with Gasteiger partial charge in [-0.1, -0.05) is 5.21 Å². The molecule has 2 rings (SSSR count). The lowest BCUT2D eigenvalue weighted by Crippen LogP contribution is -2.05. The fourth-order valence-electron chi connectivity index (χ4n) is 1.48. The molecule has 1 atom stereocenters. The summed E-state index contributed by atoms with van der Waals surface area (Å²) >= 11 is 0. The summed E-state index contributed by atoms with van der Waals surface area (Å²) in [6.07, 6.45) is 1.75. The van der Waals surface area contributed by atoms with E-state index in [1.54, 1.807) is 16.9 Å². The van der Waals surface area contributed by atoms with E-state index in [2.05, 4.69) is 10.3 Å². The number of nitrogens with zero attached hydrogens (tertiary/aromatic N) is 3. The zero-order valence-corrected chi connectivity index (χ0v) is 9.18. The van der Waals surface area contributed by atoms with E-state index in [1.807, 2.05) is 13.8 Å². The Labute approximate surface area is 92.9 Å². The molecule has 2 aromatic rings. The molecule has 1 aromatic carbocycles. The molecule has 0 aliphatic carbocycles. The van der Waals surface area contributed by atoms with Crippen LogP contribution in [0, 0.1) is 12.7 Å². The van der Waals surface area contributed by atoms with Gasteiger partial charge in [0.25, 0.3) is 0 Å². The predicted molar refractivity (Wildman–Crippen MR) is 58.7 cm³/mol. The zero-order valence-electron chi connectivity index (χ0n) is 9.18. The van der Waals surface area contributed by atoms with Crippen molar-refractivity contribution in [3.63, 3.8) is 0 Å². The minimum absolute atomic E-state index is 0.158. The minimum Gasteiger partial charge on any atom is -0.323 e. The third-order valence-corrected chi connectivity index (χ3v) is 2.38. The first-order valence-electron chi connectivity index (χ1n) is 5.02. The van der Waals surface area contributed by atoms with Gasteiger partial charge in [0.05, 0.1) is 17.6 Å². The van der Waals surface area contributed by atoms with Crippen LogP contribution in [0.5, 0.6) is 0 Å². The highest BCUT2D eigenvalue weighted by Gasteiger charge is 2.08. The Hall–Kier alpha value is -1.75. The summed E-state index contributed by atoms with van der Waals surface area (Å²) < 4.78 is 14.5. The summed E-state index contributed by atoms with van der Waals surface area (Å²) in [7, 11) is 0. The molecule has 0 amide bonds. The van der Waals surface area contributed by atoms with E-state index >= 15 is 0 Å². The highest BCUT2D eigenvalue weighted by Crippen LogP contribution is 2.15. The SMILES string of the molecule is Cc1cc(F)ccc1-n1cc(C(C)N)nn1. The molecule has 0 aliphatic rings. The van der Waals surface area contributed by atoms with Crippen molar-refractivity contribution in [1.29, 1.82) is 0 Å². The lowest BCUT2D eigenvalue weighted by molar-refractivity contribution is 0.625. The second-order valence-electron chi connectivity index (χ2n) is 3.81. The van der Waals surface area contributed by atoms with Crippen LogP contribution in [0.1, 0.15) is 24.2 Å². The van der Waals surface area contributed by atoms with Gasteiger partial charge in [-0.3, -0.25) is 0 Å². The van der Waals surface area contributed by atoms with Crippen molar-refractivity contribution in [1.82, 2.24) is 15.0 Å². The first-order valence-corrected chi connectivity index (χ1v) is 5.02. The molecule has 1 aromatic heterocycles. The number of nitrogens with two attached hydrogens (primary N) is 1. The van der Waals surface area contributed by atoms with E-state index in [1.165, 1.54) is 12.1 Å². The Morgan fingerprint density at radius 1 is 1.44 bits per heavy atom. The fraction of sp³-hybridized carbons (Fsp3) is 0.273. The zero-order chi connectivity index (χ0) is 11.7. The second-order valence-corrected chi connectivity index (χ2v) is 3.81. The summed E-state index contributed by atoms with van der Waals surface area (Å²) in [6.45, 7) is 3.66. The highest BCUT2D eigenvalue weighted by molar-refractivity contribution is 5.39. The number of benzene rings is 1. The van der Waals surface area contributed by atoms with E-state index in [0.717, 1.165) is 11.3 Å². The van der Waals surface area contributed by atoms with Crippen LogP contribution >= 0.6 is 0 Å². The minimum atomic E-state index is -0.256. The molecule has 4 nitrogen and oxygen atoms in total. The Kier molecular flexibility index (Phi) is 2.70. The third kappa shape index (κ3) is 1.94. The van der Waals surface area contributed by atoms with Crippen molar-refractivity contribution >= 4 is 0 Å². The van der Waals surface area contributed by atoms with Crippen molar-refractivity contribution in [3.8, 4) is 5.69 Å². The lowest BCUT2D eigenvalue weighted by Gasteiger charge is -2.04. The Morgan fingerprint density at radius 2 is 2.19 bits per heavy atom. The van der Waals surface area contributed by atoms with E-state index in [9.17, 15) is 4.39 Å². The maximum absolute atomic E-state index is 12.9. The largest absolute Gasteiger partial charge is 0.323 e. The van der Waals surface area contributed by atoms with Gasteiger partial charge in [-0.25, -0.2) is 9.07 Å². The number of hydrogen-bond donors (Lipinski definition) is 1. The van der Waals surface area contributed by atoms with Gasteiger partial charge in [-0.15, -0.1) is 5.10 Å². The molecule has 1 heterocycles. The average Bonchev–Trinajstić information content (AvgIpc) is 2.66. The van der Waals surface area contributed by atoms with Crippen molar-refractivity contribution in [2.24, 2.45) is 5.73 Å². The van der Waals surface area contributed by atoms with Gasteiger partial charge in [0, 0.05) is 6.04 Å². The highest BCUT2D eigenvalue weighted by atomic mass is 19.1. The van der Waals surface area contributed by atoms with Gasteiger partial charge in [-0.05, 0) is 37.6 Å². The van der Waals surface area contributed by atoms with E-state index in [0.29, 0.717) is 5.69 Å². The Balaban J connectivity index is 2.42. The standard InChI is InChI=1S/C11H13FN4/c1-7-5-9(12)3-4-11(7)16-6-10(8(2)13)14-15-16/h3-6,8H,13H2,1-2H3. The van der Waals surface area contributed by atoms with Crippen LogP contribution in [-0.4, -0.2) is 15.0 Å². The van der Waals surface area contributed by atoms with Crippen LogP contribution in [0.3, 0.4) is 0 Å². The molecule has 1 unspecified atom stereocenters. The molecule has 0 spiro atoms. The van der Waals surface area contributed by atoms with E-state index in [-0.39, 0.29) is 11.9 Å². The first-order chi connectivity index (χ1) is 7.58. The number of hydrogen-bond acceptors (Lipinski definition) is 3. The molecule has 0 saturated carbocycles. The molecular formula is C11H13FN4. The number of aromatic nitrogens is 3. The number of rotatable bonds is 2. The Bertz CT molecular complexity index is 504. The average molecular weight is 220 g/mol. The second kappa shape index (κ2) is 4.02. The summed E-state index contributed by atoms with van der Waals surface area (Å²) in [5.74, 6) is -0.256. The predicted octanol–water partition coefficient (Wildman–Crippen LogP) is 1.73. The molecule has 5 heteroatoms. The van der Waals surface area contributed by atoms with Crippen molar-refractivity contribution in [2.45, 2.75) is 19.9 Å². The maximum Gasteiger partial charge on any atom is 0.123 e. The van der Waals surface area contributed by atoms with Crippen LogP contribution in [0.2, 0.25) is 0 Å². The molecule has 0 radical (unpaired) electrons. The van der Waals surface area contributed by atoms with Gasteiger partial charge < -0.3 is 5.73 Å². The quantitative estimate of drug-likeness (QED) is 0.838. The number of aryl methyl sites for hydroxylation is 1. The van der Waals surface area contributed by atoms with E-state index < -0.39 is 0 Å². The molecule has 0 bridgehead atoms. The first kappa shape index (κ1) is 10.8. The van der Waals surface area contributed by atoms with Gasteiger partial charge in [0.1, 0.15) is 5.82 Å². The fourth-order valence-corrected chi connectivity index (χ4v) is 1.48. The van der Waals surface area contributed by atoms with Crippen molar-refractivity contribution in [3.05, 3.63) is 41.5 Å². The Morgan fingerprint density at radius 3 is 2.75 bits per heavy atom. The molecule has 0 fully saturated rings. The molecule has 0 aliphatic heterocycles. The van der Waals surface area contributed by atoms with Gasteiger partial charge in [0.15, 0.2) is 0 Å².